The molecule has 0 radical (unpaired) electrons. The van der Waals surface area contributed by atoms with Crippen LogP contribution in [0.4, 0.5) is 4.39 Å². The fraction of sp³-hybridized carbons (Fsp3) is 0.158. The van der Waals surface area contributed by atoms with E-state index in [9.17, 15) is 14.0 Å². The Morgan fingerprint density at radius 1 is 1.08 bits per heavy atom. The van der Waals surface area contributed by atoms with Crippen molar-refractivity contribution in [2.45, 2.75) is 13.0 Å². The molecule has 1 unspecified atom stereocenters. The molecule has 1 heterocycles. The van der Waals surface area contributed by atoms with Gasteiger partial charge in [0.25, 0.3) is 11.8 Å². The van der Waals surface area contributed by atoms with Crippen LogP contribution in [0.2, 0.25) is 0 Å². The maximum absolute atomic E-state index is 12.9. The predicted octanol–water partition coefficient (Wildman–Crippen LogP) is 2.55. The van der Waals surface area contributed by atoms with Crippen LogP contribution in [-0.4, -0.2) is 22.5 Å². The van der Waals surface area contributed by atoms with E-state index in [2.05, 4.69) is 10.9 Å². The second kappa shape index (κ2) is 7.26. The van der Waals surface area contributed by atoms with Crippen LogP contribution < -0.4 is 15.6 Å². The topological polar surface area (TPSA) is 72.4 Å². The van der Waals surface area contributed by atoms with Crippen molar-refractivity contribution in [3.05, 3.63) is 66.1 Å². The van der Waals surface area contributed by atoms with Gasteiger partial charge in [0.2, 0.25) is 0 Å². The third kappa shape index (κ3) is 3.66. The molecule has 1 aromatic heterocycles. The first kappa shape index (κ1) is 17.5. The van der Waals surface area contributed by atoms with Crippen LogP contribution in [-0.2, 0) is 11.8 Å². The Kier molecular flexibility index (Phi) is 4.88. The van der Waals surface area contributed by atoms with Gasteiger partial charge >= 0.3 is 0 Å². The molecule has 0 fully saturated rings. The van der Waals surface area contributed by atoms with Gasteiger partial charge in [0.05, 0.1) is 5.56 Å². The van der Waals surface area contributed by atoms with Crippen molar-refractivity contribution in [1.82, 2.24) is 15.4 Å². The van der Waals surface area contributed by atoms with Crippen molar-refractivity contribution in [3.63, 3.8) is 0 Å². The summed E-state index contributed by atoms with van der Waals surface area (Å²) < 4.78 is 20.1. The number of hydrazine groups is 1. The van der Waals surface area contributed by atoms with Crippen LogP contribution in [0.3, 0.4) is 0 Å². The highest BCUT2D eigenvalue weighted by atomic mass is 19.1. The minimum absolute atomic E-state index is 0.356. The molecular formula is C19H18FN3O3. The summed E-state index contributed by atoms with van der Waals surface area (Å²) in [5.74, 6) is -0.988. The summed E-state index contributed by atoms with van der Waals surface area (Å²) in [5, 5.41) is 0.789. The third-order valence-corrected chi connectivity index (χ3v) is 3.94. The van der Waals surface area contributed by atoms with E-state index in [0.717, 1.165) is 10.9 Å². The molecule has 2 amide bonds. The van der Waals surface area contributed by atoms with Crippen molar-refractivity contribution < 1.29 is 18.7 Å². The molecule has 6 nitrogen and oxygen atoms in total. The molecule has 0 saturated carbocycles. The molecule has 3 aromatic rings. The largest absolute Gasteiger partial charge is 0.481 e. The van der Waals surface area contributed by atoms with Gasteiger partial charge in [0.15, 0.2) is 6.10 Å². The van der Waals surface area contributed by atoms with Crippen molar-refractivity contribution in [2.75, 3.05) is 0 Å². The highest BCUT2D eigenvalue weighted by Gasteiger charge is 2.18. The van der Waals surface area contributed by atoms with Gasteiger partial charge in [0.1, 0.15) is 11.6 Å². The quantitative estimate of drug-likeness (QED) is 0.707. The minimum Gasteiger partial charge on any atom is -0.481 e. The van der Waals surface area contributed by atoms with Crippen LogP contribution >= 0.6 is 0 Å². The van der Waals surface area contributed by atoms with Crippen LogP contribution in [0.1, 0.15) is 17.3 Å². The highest BCUT2D eigenvalue weighted by Crippen LogP contribution is 2.20. The number of hydrogen-bond donors (Lipinski definition) is 2. The number of nitrogens with one attached hydrogen (secondary N) is 2. The van der Waals surface area contributed by atoms with Gasteiger partial charge in [-0.05, 0) is 37.3 Å². The highest BCUT2D eigenvalue weighted by molar-refractivity contribution is 6.07. The molecule has 134 valence electrons. The van der Waals surface area contributed by atoms with E-state index in [1.165, 1.54) is 31.2 Å². The van der Waals surface area contributed by atoms with E-state index in [1.54, 1.807) is 6.20 Å². The minimum atomic E-state index is -0.867. The van der Waals surface area contributed by atoms with Crippen LogP contribution in [0, 0.1) is 5.82 Å². The van der Waals surface area contributed by atoms with Crippen LogP contribution in [0.15, 0.2) is 54.7 Å². The van der Waals surface area contributed by atoms with Gasteiger partial charge in [-0.2, -0.15) is 0 Å². The van der Waals surface area contributed by atoms with Gasteiger partial charge in [-0.3, -0.25) is 20.4 Å². The Morgan fingerprint density at radius 2 is 1.77 bits per heavy atom. The average Bonchev–Trinajstić information content (AvgIpc) is 2.98. The molecule has 0 bridgehead atoms. The van der Waals surface area contributed by atoms with Crippen LogP contribution in [0.5, 0.6) is 5.75 Å². The molecule has 3 rings (SSSR count). The van der Waals surface area contributed by atoms with Gasteiger partial charge < -0.3 is 9.30 Å². The molecule has 0 spiro atoms. The van der Waals surface area contributed by atoms with E-state index in [4.69, 9.17) is 4.74 Å². The Hall–Kier alpha value is -3.35. The lowest BCUT2D eigenvalue weighted by molar-refractivity contribution is -0.128. The zero-order chi connectivity index (χ0) is 18.7. The number of aryl methyl sites for hydroxylation is 1. The molecule has 2 aromatic carbocycles. The molecule has 26 heavy (non-hydrogen) atoms. The summed E-state index contributed by atoms with van der Waals surface area (Å²) in [6.07, 6.45) is 0.832. The van der Waals surface area contributed by atoms with Crippen molar-refractivity contribution in [3.8, 4) is 5.75 Å². The van der Waals surface area contributed by atoms with E-state index in [-0.39, 0.29) is 0 Å². The summed E-state index contributed by atoms with van der Waals surface area (Å²) in [4.78, 5) is 24.5. The maximum atomic E-state index is 12.9. The van der Waals surface area contributed by atoms with Crippen molar-refractivity contribution in [1.29, 1.82) is 0 Å². The van der Waals surface area contributed by atoms with Gasteiger partial charge in [0, 0.05) is 24.1 Å². The first-order valence-corrected chi connectivity index (χ1v) is 8.02. The van der Waals surface area contributed by atoms with Gasteiger partial charge in [-0.1, -0.05) is 18.2 Å². The number of amides is 2. The average molecular weight is 355 g/mol. The molecule has 0 aliphatic heterocycles. The first-order chi connectivity index (χ1) is 12.5. The third-order valence-electron chi connectivity index (χ3n) is 3.94. The zero-order valence-electron chi connectivity index (χ0n) is 14.3. The molecule has 0 saturated heterocycles. The van der Waals surface area contributed by atoms with Gasteiger partial charge in [-0.15, -0.1) is 0 Å². The summed E-state index contributed by atoms with van der Waals surface area (Å²) in [5.41, 5.74) is 6.10. The lowest BCUT2D eigenvalue weighted by Crippen LogP contribution is -2.47. The second-order valence-corrected chi connectivity index (χ2v) is 5.83. The number of rotatable bonds is 4. The first-order valence-electron chi connectivity index (χ1n) is 8.02. The number of aromatic nitrogens is 1. The van der Waals surface area contributed by atoms with E-state index < -0.39 is 23.7 Å². The summed E-state index contributed by atoms with van der Waals surface area (Å²) in [7, 11) is 1.84. The van der Waals surface area contributed by atoms with Crippen molar-refractivity contribution >= 4 is 22.7 Å². The smallest absolute Gasteiger partial charge is 0.279 e. The number of fused-ring (bicyclic) bond motifs is 1. The molecule has 7 heteroatoms. The number of halogens is 1. The fourth-order valence-corrected chi connectivity index (χ4v) is 2.58. The number of benzene rings is 2. The number of para-hydroxylation sites is 1. The zero-order valence-corrected chi connectivity index (χ0v) is 14.3. The van der Waals surface area contributed by atoms with Gasteiger partial charge in [-0.25, -0.2) is 4.39 Å². The Labute approximate surface area is 149 Å². The second-order valence-electron chi connectivity index (χ2n) is 5.83. The Balaban J connectivity index is 1.61. The Bertz CT molecular complexity index is 950. The standard InChI is InChI=1S/C19H18FN3O3/c1-12(26-14-9-7-13(20)8-10-14)18(24)21-22-19(25)16-11-23(2)17-6-4-3-5-15(16)17/h3-12H,1-2H3,(H,21,24)(H,22,25). The lowest BCUT2D eigenvalue weighted by atomic mass is 10.2. The number of carbonyl (C=O) groups is 2. The summed E-state index contributed by atoms with van der Waals surface area (Å²) in [6.45, 7) is 1.53. The van der Waals surface area contributed by atoms with Crippen molar-refractivity contribution in [2.24, 2.45) is 7.05 Å². The molecule has 2 N–H and O–H groups in total. The maximum Gasteiger partial charge on any atom is 0.279 e. The normalized spacial score (nSPS) is 11.8. The number of ether oxygens (including phenoxy) is 1. The predicted molar refractivity (Wildman–Crippen MR) is 95.0 cm³/mol. The fourth-order valence-electron chi connectivity index (χ4n) is 2.58. The number of carbonyl (C=O) groups excluding carboxylic acids is 2. The lowest BCUT2D eigenvalue weighted by Gasteiger charge is -2.15. The summed E-state index contributed by atoms with van der Waals surface area (Å²) in [6, 6.07) is 12.8. The van der Waals surface area contributed by atoms with E-state index in [0.29, 0.717) is 11.3 Å². The molecular weight excluding hydrogens is 337 g/mol. The molecule has 1 atom stereocenters. The number of nitrogens with zero attached hydrogens (tertiary/aromatic N) is 1. The van der Waals surface area contributed by atoms with Crippen LogP contribution in [0.25, 0.3) is 10.9 Å². The molecule has 0 aliphatic rings. The van der Waals surface area contributed by atoms with E-state index >= 15 is 0 Å². The Morgan fingerprint density at radius 3 is 2.50 bits per heavy atom. The summed E-state index contributed by atoms with van der Waals surface area (Å²) >= 11 is 0. The number of hydrogen-bond acceptors (Lipinski definition) is 3. The van der Waals surface area contributed by atoms with E-state index in [1.807, 2.05) is 35.9 Å². The monoisotopic (exact) mass is 355 g/mol. The SMILES string of the molecule is CC(Oc1ccc(F)cc1)C(=O)NNC(=O)c1cn(C)c2ccccc12. The molecule has 0 aliphatic carbocycles.